The minimum atomic E-state index is -4.77. The maximum absolute atomic E-state index is 12.4. The molecule has 0 saturated heterocycles. The Morgan fingerprint density at radius 2 is 1.94 bits per heavy atom. The zero-order valence-corrected chi connectivity index (χ0v) is 9.71. The largest absolute Gasteiger partial charge is 0.506 e. The van der Waals surface area contributed by atoms with Gasteiger partial charge in [-0.2, -0.15) is 13.2 Å². The number of carboxylic acids is 1. The maximum atomic E-state index is 12.4. The Morgan fingerprint density at radius 1 is 1.41 bits per heavy atom. The van der Waals surface area contributed by atoms with E-state index in [1.165, 1.54) is 0 Å². The number of alkyl halides is 3. The van der Waals surface area contributed by atoms with E-state index >= 15 is 0 Å². The fraction of sp³-hybridized carbons (Fsp3) is 0.222. The second-order valence-corrected chi connectivity index (χ2v) is 4.07. The van der Waals surface area contributed by atoms with Gasteiger partial charge in [-0.3, -0.25) is 0 Å². The van der Waals surface area contributed by atoms with E-state index < -0.39 is 35.1 Å². The standard InChI is InChI=1S/C9H7BrF3NO3/c10-5-2-3(8(16)17)1-4(6(5)15)7(14)9(11,12)13/h1-2,7,15H,14H2,(H,16,17)/t7-/m1/s1. The highest BCUT2D eigenvalue weighted by Gasteiger charge is 2.40. The van der Waals surface area contributed by atoms with Gasteiger partial charge in [0, 0.05) is 5.56 Å². The lowest BCUT2D eigenvalue weighted by Crippen LogP contribution is -2.28. The fourth-order valence-corrected chi connectivity index (χ4v) is 1.63. The van der Waals surface area contributed by atoms with Gasteiger partial charge in [0.2, 0.25) is 0 Å². The average molecular weight is 314 g/mol. The highest BCUT2D eigenvalue weighted by Crippen LogP contribution is 2.39. The van der Waals surface area contributed by atoms with E-state index in [1.807, 2.05) is 0 Å². The van der Waals surface area contributed by atoms with E-state index in [-0.39, 0.29) is 4.47 Å². The third-order valence-corrected chi connectivity index (χ3v) is 2.63. The minimum absolute atomic E-state index is 0.160. The number of phenols is 1. The summed E-state index contributed by atoms with van der Waals surface area (Å²) in [6.07, 6.45) is -4.77. The molecule has 17 heavy (non-hydrogen) atoms. The summed E-state index contributed by atoms with van der Waals surface area (Å²) >= 11 is 2.76. The van der Waals surface area contributed by atoms with Crippen molar-refractivity contribution in [3.8, 4) is 5.75 Å². The van der Waals surface area contributed by atoms with Gasteiger partial charge in [-0.25, -0.2) is 4.79 Å². The highest BCUT2D eigenvalue weighted by atomic mass is 79.9. The number of rotatable bonds is 2. The zero-order chi connectivity index (χ0) is 13.4. The molecule has 0 aliphatic rings. The molecule has 4 nitrogen and oxygen atoms in total. The van der Waals surface area contributed by atoms with Crippen molar-refractivity contribution in [2.75, 3.05) is 0 Å². The predicted octanol–water partition coefficient (Wildman–Crippen LogP) is 2.42. The molecule has 0 fully saturated rings. The third-order valence-electron chi connectivity index (χ3n) is 2.03. The Morgan fingerprint density at radius 3 is 2.35 bits per heavy atom. The van der Waals surface area contributed by atoms with Gasteiger partial charge in [-0.1, -0.05) is 0 Å². The number of aromatic hydroxyl groups is 1. The van der Waals surface area contributed by atoms with Crippen LogP contribution < -0.4 is 5.73 Å². The van der Waals surface area contributed by atoms with Gasteiger partial charge in [0.15, 0.2) is 0 Å². The summed E-state index contributed by atoms with van der Waals surface area (Å²) in [4.78, 5) is 10.7. The molecule has 0 amide bonds. The van der Waals surface area contributed by atoms with Crippen molar-refractivity contribution < 1.29 is 28.2 Å². The molecule has 0 aliphatic carbocycles. The van der Waals surface area contributed by atoms with Crippen molar-refractivity contribution in [2.45, 2.75) is 12.2 Å². The molecule has 0 unspecified atom stereocenters. The maximum Gasteiger partial charge on any atom is 0.407 e. The molecule has 0 aromatic heterocycles. The Balaban J connectivity index is 3.37. The fourth-order valence-electron chi connectivity index (χ4n) is 1.16. The molecule has 0 spiro atoms. The van der Waals surface area contributed by atoms with Crippen molar-refractivity contribution >= 4 is 21.9 Å². The molecule has 8 heteroatoms. The van der Waals surface area contributed by atoms with Crippen LogP contribution in [0, 0.1) is 0 Å². The molecule has 94 valence electrons. The first-order chi connectivity index (χ1) is 7.64. The Labute approximate surface area is 102 Å². The summed E-state index contributed by atoms with van der Waals surface area (Å²) in [6.45, 7) is 0. The van der Waals surface area contributed by atoms with Crippen LogP contribution in [-0.4, -0.2) is 22.4 Å². The summed E-state index contributed by atoms with van der Waals surface area (Å²) in [7, 11) is 0. The second-order valence-electron chi connectivity index (χ2n) is 3.22. The molecule has 0 radical (unpaired) electrons. The van der Waals surface area contributed by atoms with E-state index in [2.05, 4.69) is 15.9 Å². The van der Waals surface area contributed by atoms with Crippen LogP contribution >= 0.6 is 15.9 Å². The number of phenolic OH excluding ortho intramolecular Hbond substituents is 1. The number of benzene rings is 1. The zero-order valence-electron chi connectivity index (χ0n) is 8.12. The lowest BCUT2D eigenvalue weighted by molar-refractivity contribution is -0.149. The topological polar surface area (TPSA) is 83.6 Å². The van der Waals surface area contributed by atoms with Crippen LogP contribution in [-0.2, 0) is 0 Å². The van der Waals surface area contributed by atoms with Crippen LogP contribution in [0.15, 0.2) is 16.6 Å². The summed E-state index contributed by atoms with van der Waals surface area (Å²) in [5.74, 6) is -2.14. The van der Waals surface area contributed by atoms with Crippen molar-refractivity contribution in [3.05, 3.63) is 27.7 Å². The number of carbonyl (C=O) groups is 1. The van der Waals surface area contributed by atoms with E-state index in [0.29, 0.717) is 6.07 Å². The Bertz CT molecular complexity index is 462. The van der Waals surface area contributed by atoms with E-state index in [0.717, 1.165) is 6.07 Å². The van der Waals surface area contributed by atoms with Gasteiger partial charge in [0.05, 0.1) is 10.0 Å². The summed E-state index contributed by atoms with van der Waals surface area (Å²) in [6, 6.07) is -0.761. The smallest absolute Gasteiger partial charge is 0.407 e. The van der Waals surface area contributed by atoms with Crippen LogP contribution in [0.1, 0.15) is 22.0 Å². The molecule has 1 rings (SSSR count). The van der Waals surface area contributed by atoms with Crippen LogP contribution in [0.2, 0.25) is 0 Å². The van der Waals surface area contributed by atoms with Gasteiger partial charge in [0.25, 0.3) is 0 Å². The van der Waals surface area contributed by atoms with Crippen LogP contribution in [0.5, 0.6) is 5.75 Å². The number of carboxylic acid groups (broad SMARTS) is 1. The number of hydrogen-bond acceptors (Lipinski definition) is 3. The molecule has 0 heterocycles. The number of hydrogen-bond donors (Lipinski definition) is 3. The molecule has 1 aromatic carbocycles. The predicted molar refractivity (Wildman–Crippen MR) is 55.7 cm³/mol. The first kappa shape index (κ1) is 13.8. The molecule has 0 aliphatic heterocycles. The average Bonchev–Trinajstić information content (AvgIpc) is 2.19. The summed E-state index contributed by atoms with van der Waals surface area (Å²) < 4.78 is 37.0. The molecule has 1 aromatic rings. The molecule has 1 atom stereocenters. The highest BCUT2D eigenvalue weighted by molar-refractivity contribution is 9.10. The monoisotopic (exact) mass is 313 g/mol. The van der Waals surface area contributed by atoms with Crippen molar-refractivity contribution in [2.24, 2.45) is 5.73 Å². The first-order valence-electron chi connectivity index (χ1n) is 4.22. The summed E-state index contributed by atoms with van der Waals surface area (Å²) in [5.41, 5.74) is 3.82. The SMILES string of the molecule is N[C@H](c1cc(C(=O)O)cc(Br)c1O)C(F)(F)F. The Kier molecular flexibility index (Phi) is 3.68. The first-order valence-corrected chi connectivity index (χ1v) is 5.02. The van der Waals surface area contributed by atoms with Crippen molar-refractivity contribution in [1.29, 1.82) is 0 Å². The van der Waals surface area contributed by atoms with Gasteiger partial charge in [-0.05, 0) is 28.1 Å². The van der Waals surface area contributed by atoms with Crippen molar-refractivity contribution in [3.63, 3.8) is 0 Å². The van der Waals surface area contributed by atoms with E-state index in [4.69, 9.17) is 10.8 Å². The summed E-state index contributed by atoms with van der Waals surface area (Å²) in [5, 5.41) is 18.1. The third kappa shape index (κ3) is 2.89. The van der Waals surface area contributed by atoms with Crippen molar-refractivity contribution in [1.82, 2.24) is 0 Å². The Hall–Kier alpha value is -1.28. The molecule has 0 saturated carbocycles. The molecule has 4 N–H and O–H groups in total. The lowest BCUT2D eigenvalue weighted by Gasteiger charge is -2.18. The lowest BCUT2D eigenvalue weighted by atomic mass is 10.0. The molecule has 0 bridgehead atoms. The normalized spacial score (nSPS) is 13.5. The van der Waals surface area contributed by atoms with Gasteiger partial charge >= 0.3 is 12.1 Å². The van der Waals surface area contributed by atoms with E-state index in [9.17, 15) is 23.1 Å². The quantitative estimate of drug-likeness (QED) is 0.783. The van der Waals surface area contributed by atoms with Gasteiger partial charge in [0.1, 0.15) is 11.8 Å². The number of aromatic carboxylic acids is 1. The molecular weight excluding hydrogens is 307 g/mol. The number of nitrogens with two attached hydrogens (primary N) is 1. The molecular formula is C9H7BrF3NO3. The van der Waals surface area contributed by atoms with E-state index in [1.54, 1.807) is 0 Å². The van der Waals surface area contributed by atoms with Gasteiger partial charge in [-0.15, -0.1) is 0 Å². The minimum Gasteiger partial charge on any atom is -0.506 e. The number of halogens is 4. The second kappa shape index (κ2) is 4.53. The van der Waals surface area contributed by atoms with Gasteiger partial charge < -0.3 is 15.9 Å². The van der Waals surface area contributed by atoms with Crippen LogP contribution in [0.3, 0.4) is 0 Å². The van der Waals surface area contributed by atoms with Crippen LogP contribution in [0.4, 0.5) is 13.2 Å². The van der Waals surface area contributed by atoms with Crippen LogP contribution in [0.25, 0.3) is 0 Å².